The maximum absolute atomic E-state index is 5.92. The minimum absolute atomic E-state index is 0.101. The van der Waals surface area contributed by atoms with Gasteiger partial charge in [-0.1, -0.05) is 6.42 Å². The second kappa shape index (κ2) is 2.53. The highest BCUT2D eigenvalue weighted by molar-refractivity contribution is 5.08. The maximum Gasteiger partial charge on any atom is 0.171 e. The van der Waals surface area contributed by atoms with Gasteiger partial charge in [-0.3, -0.25) is 0 Å². The van der Waals surface area contributed by atoms with Gasteiger partial charge in [0.1, 0.15) is 0 Å². The molecular formula is C12H18O2. The lowest BCUT2D eigenvalue weighted by Crippen LogP contribution is -2.42. The van der Waals surface area contributed by atoms with Gasteiger partial charge in [0.05, 0.1) is 13.2 Å². The van der Waals surface area contributed by atoms with Crippen LogP contribution in [0.5, 0.6) is 0 Å². The zero-order chi connectivity index (χ0) is 9.17. The third kappa shape index (κ3) is 0.809. The predicted octanol–water partition coefficient (Wildman–Crippen LogP) is 2.19. The van der Waals surface area contributed by atoms with E-state index in [1.807, 2.05) is 0 Å². The second-order valence-electron chi connectivity index (χ2n) is 5.57. The van der Waals surface area contributed by atoms with Crippen molar-refractivity contribution in [2.75, 3.05) is 13.2 Å². The largest absolute Gasteiger partial charge is 0.347 e. The molecule has 2 heteroatoms. The number of hydrogen-bond donors (Lipinski definition) is 0. The van der Waals surface area contributed by atoms with Crippen molar-refractivity contribution in [3.8, 4) is 0 Å². The normalized spacial score (nSPS) is 53.1. The van der Waals surface area contributed by atoms with Crippen LogP contribution in [0.4, 0.5) is 0 Å². The summed E-state index contributed by atoms with van der Waals surface area (Å²) >= 11 is 0. The zero-order valence-corrected chi connectivity index (χ0v) is 8.58. The molecule has 0 aromatic carbocycles. The first-order chi connectivity index (χ1) is 6.89. The molecule has 4 rings (SSSR count). The number of fused-ring (bicyclic) bond motifs is 6. The minimum atomic E-state index is -0.101. The summed E-state index contributed by atoms with van der Waals surface area (Å²) in [5, 5.41) is 0. The first-order valence-corrected chi connectivity index (χ1v) is 6.17. The Morgan fingerprint density at radius 3 is 2.64 bits per heavy atom. The monoisotopic (exact) mass is 194 g/mol. The molecule has 0 unspecified atom stereocenters. The Morgan fingerprint density at radius 2 is 1.79 bits per heavy atom. The van der Waals surface area contributed by atoms with E-state index in [1.54, 1.807) is 0 Å². The second-order valence-corrected chi connectivity index (χ2v) is 5.57. The Labute approximate surface area is 85.0 Å². The molecule has 1 spiro atoms. The van der Waals surface area contributed by atoms with Crippen LogP contribution in [0.1, 0.15) is 32.1 Å². The Morgan fingerprint density at radius 1 is 1.00 bits per heavy atom. The van der Waals surface area contributed by atoms with Crippen LogP contribution in [0.25, 0.3) is 0 Å². The smallest absolute Gasteiger partial charge is 0.171 e. The molecule has 4 fully saturated rings. The van der Waals surface area contributed by atoms with Crippen LogP contribution in [0, 0.1) is 23.7 Å². The van der Waals surface area contributed by atoms with Gasteiger partial charge in [-0.15, -0.1) is 0 Å². The Bertz CT molecular complexity index is 257. The third-order valence-electron chi connectivity index (χ3n) is 5.19. The van der Waals surface area contributed by atoms with E-state index in [1.165, 1.54) is 32.1 Å². The molecule has 1 aliphatic heterocycles. The summed E-state index contributed by atoms with van der Waals surface area (Å²) in [6, 6.07) is 0. The summed E-state index contributed by atoms with van der Waals surface area (Å²) in [6.45, 7) is 1.67. The molecule has 14 heavy (non-hydrogen) atoms. The third-order valence-corrected chi connectivity index (χ3v) is 5.19. The van der Waals surface area contributed by atoms with Crippen molar-refractivity contribution in [1.29, 1.82) is 0 Å². The Kier molecular flexibility index (Phi) is 1.47. The summed E-state index contributed by atoms with van der Waals surface area (Å²) < 4.78 is 11.8. The van der Waals surface area contributed by atoms with Crippen LogP contribution in [-0.4, -0.2) is 19.0 Å². The van der Waals surface area contributed by atoms with Crippen molar-refractivity contribution < 1.29 is 9.47 Å². The van der Waals surface area contributed by atoms with E-state index in [9.17, 15) is 0 Å². The molecule has 4 atom stereocenters. The van der Waals surface area contributed by atoms with Gasteiger partial charge < -0.3 is 9.47 Å². The van der Waals surface area contributed by atoms with Crippen molar-refractivity contribution >= 4 is 0 Å². The highest BCUT2D eigenvalue weighted by atomic mass is 16.7. The fourth-order valence-electron chi connectivity index (χ4n) is 4.84. The van der Waals surface area contributed by atoms with Crippen molar-refractivity contribution in [3.63, 3.8) is 0 Å². The number of hydrogen-bond acceptors (Lipinski definition) is 2. The highest BCUT2D eigenvalue weighted by Gasteiger charge is 2.63. The molecule has 3 aliphatic carbocycles. The van der Waals surface area contributed by atoms with Crippen molar-refractivity contribution in [2.45, 2.75) is 37.9 Å². The van der Waals surface area contributed by atoms with Gasteiger partial charge in [0.15, 0.2) is 5.79 Å². The average molecular weight is 194 g/mol. The molecule has 0 radical (unpaired) electrons. The topological polar surface area (TPSA) is 18.5 Å². The fraction of sp³-hybridized carbons (Fsp3) is 1.00. The summed E-state index contributed by atoms with van der Waals surface area (Å²) in [4.78, 5) is 0. The van der Waals surface area contributed by atoms with Gasteiger partial charge in [0, 0.05) is 12.3 Å². The van der Waals surface area contributed by atoms with Crippen molar-refractivity contribution in [3.05, 3.63) is 0 Å². The molecule has 78 valence electrons. The van der Waals surface area contributed by atoms with Gasteiger partial charge in [-0.05, 0) is 37.0 Å². The molecule has 0 N–H and O–H groups in total. The molecule has 3 saturated carbocycles. The van der Waals surface area contributed by atoms with E-state index in [0.29, 0.717) is 0 Å². The molecular weight excluding hydrogens is 176 g/mol. The van der Waals surface area contributed by atoms with Gasteiger partial charge in [-0.2, -0.15) is 0 Å². The van der Waals surface area contributed by atoms with Crippen LogP contribution in [0.3, 0.4) is 0 Å². The fourth-order valence-corrected chi connectivity index (χ4v) is 4.84. The summed E-state index contributed by atoms with van der Waals surface area (Å²) in [5.74, 6) is 3.58. The van der Waals surface area contributed by atoms with E-state index >= 15 is 0 Å². The molecule has 2 bridgehead atoms. The first-order valence-electron chi connectivity index (χ1n) is 6.17. The van der Waals surface area contributed by atoms with Crippen LogP contribution in [0.2, 0.25) is 0 Å². The van der Waals surface area contributed by atoms with E-state index in [0.717, 1.165) is 36.9 Å². The maximum atomic E-state index is 5.92. The number of rotatable bonds is 0. The first kappa shape index (κ1) is 8.12. The average Bonchev–Trinajstić information content (AvgIpc) is 2.88. The van der Waals surface area contributed by atoms with E-state index < -0.39 is 0 Å². The van der Waals surface area contributed by atoms with Crippen molar-refractivity contribution in [2.24, 2.45) is 23.7 Å². The minimum Gasteiger partial charge on any atom is -0.347 e. The van der Waals surface area contributed by atoms with E-state index in [-0.39, 0.29) is 5.79 Å². The Hall–Kier alpha value is -0.0800. The van der Waals surface area contributed by atoms with Gasteiger partial charge in [0.2, 0.25) is 0 Å². The SMILES string of the molecule is C1C[C@@H]2[C@H]3C[C@@H]([C@@H]2C1)C1(C3)OCCO1. The van der Waals surface area contributed by atoms with Gasteiger partial charge >= 0.3 is 0 Å². The summed E-state index contributed by atoms with van der Waals surface area (Å²) in [7, 11) is 0. The van der Waals surface area contributed by atoms with E-state index in [4.69, 9.17) is 9.47 Å². The van der Waals surface area contributed by atoms with Gasteiger partial charge in [0.25, 0.3) is 0 Å². The number of ether oxygens (including phenoxy) is 2. The van der Waals surface area contributed by atoms with Crippen LogP contribution >= 0.6 is 0 Å². The molecule has 2 nitrogen and oxygen atoms in total. The molecule has 0 aromatic heterocycles. The van der Waals surface area contributed by atoms with E-state index in [2.05, 4.69) is 0 Å². The Balaban J connectivity index is 1.69. The molecule has 0 aromatic rings. The standard InChI is InChI=1S/C12H18O2/c1-2-9-8-6-11(10(9)3-1)12(7-8)13-4-5-14-12/h8-11H,1-7H2/t8-,9+,10+,11-/m0/s1. The van der Waals surface area contributed by atoms with Crippen LogP contribution < -0.4 is 0 Å². The van der Waals surface area contributed by atoms with Crippen LogP contribution in [-0.2, 0) is 9.47 Å². The predicted molar refractivity (Wildman–Crippen MR) is 51.7 cm³/mol. The zero-order valence-electron chi connectivity index (χ0n) is 8.58. The summed E-state index contributed by atoms with van der Waals surface area (Å²) in [6.07, 6.45) is 6.99. The molecule has 4 aliphatic rings. The quantitative estimate of drug-likeness (QED) is 0.588. The van der Waals surface area contributed by atoms with Crippen molar-refractivity contribution in [1.82, 2.24) is 0 Å². The lowest BCUT2D eigenvalue weighted by atomic mass is 9.78. The molecule has 1 heterocycles. The van der Waals surface area contributed by atoms with Crippen LogP contribution in [0.15, 0.2) is 0 Å². The lowest BCUT2D eigenvalue weighted by molar-refractivity contribution is -0.206. The van der Waals surface area contributed by atoms with Gasteiger partial charge in [-0.25, -0.2) is 0 Å². The summed E-state index contributed by atoms with van der Waals surface area (Å²) in [5.41, 5.74) is 0. The highest BCUT2D eigenvalue weighted by Crippen LogP contribution is 2.64. The molecule has 1 saturated heterocycles. The lowest BCUT2D eigenvalue weighted by Gasteiger charge is -2.38. The molecule has 0 amide bonds.